The van der Waals surface area contributed by atoms with E-state index in [2.05, 4.69) is 31.5 Å². The molecule has 1 N–H and O–H groups in total. The van der Waals surface area contributed by atoms with Crippen molar-refractivity contribution in [3.63, 3.8) is 0 Å². The molecule has 9 heteroatoms. The second-order valence-corrected chi connectivity index (χ2v) is 7.76. The molecule has 1 aliphatic heterocycles. The first kappa shape index (κ1) is 19.6. The molecular weight excluding hydrogens is 463 g/mol. The Labute approximate surface area is 179 Å². The highest BCUT2D eigenvalue weighted by Crippen LogP contribution is 2.22. The van der Waals surface area contributed by atoms with Crippen molar-refractivity contribution < 1.29 is 14.0 Å². The van der Waals surface area contributed by atoms with Gasteiger partial charge in [0.05, 0.1) is 12.3 Å². The number of carbonyl (C=O) groups is 1. The highest BCUT2D eigenvalue weighted by atomic mass is 79.9. The molecule has 1 unspecified atom stereocenters. The summed E-state index contributed by atoms with van der Waals surface area (Å²) in [6.45, 7) is 0.150. The van der Waals surface area contributed by atoms with E-state index in [0.717, 1.165) is 10.0 Å². The summed E-state index contributed by atoms with van der Waals surface area (Å²) in [6, 6.07) is 13.7. The summed E-state index contributed by atoms with van der Waals surface area (Å²) in [4.78, 5) is 17.8. The maximum absolute atomic E-state index is 13.9. The topological polar surface area (TPSA) is 68.5 Å². The molecule has 4 rings (SSSR count). The molecule has 3 aromatic rings. The van der Waals surface area contributed by atoms with Crippen molar-refractivity contribution in [2.24, 2.45) is 5.16 Å². The van der Waals surface area contributed by atoms with E-state index in [0.29, 0.717) is 28.5 Å². The third-order valence-corrected chi connectivity index (χ3v) is 5.24. The van der Waals surface area contributed by atoms with Crippen LogP contribution in [0.4, 0.5) is 10.2 Å². The first-order valence-electron chi connectivity index (χ1n) is 8.75. The van der Waals surface area contributed by atoms with Crippen LogP contribution in [-0.2, 0) is 16.2 Å². The van der Waals surface area contributed by atoms with Gasteiger partial charge in [-0.3, -0.25) is 9.48 Å². The average molecular weight is 478 g/mol. The van der Waals surface area contributed by atoms with Gasteiger partial charge in [0.25, 0.3) is 5.91 Å². The first-order chi connectivity index (χ1) is 14.0. The smallest absolute Gasteiger partial charge is 0.269 e. The molecule has 1 aliphatic rings. The summed E-state index contributed by atoms with van der Waals surface area (Å²) < 4.78 is 16.4. The number of hydrogen-bond acceptors (Lipinski definition) is 4. The molecule has 148 valence electrons. The maximum Gasteiger partial charge on any atom is 0.269 e. The van der Waals surface area contributed by atoms with Gasteiger partial charge in [0.1, 0.15) is 5.82 Å². The summed E-state index contributed by atoms with van der Waals surface area (Å²) in [6.07, 6.45) is 1.25. The van der Waals surface area contributed by atoms with E-state index < -0.39 is 11.9 Å². The fraction of sp³-hybridized carbons (Fsp3) is 0.150. The number of aromatic nitrogens is 2. The summed E-state index contributed by atoms with van der Waals surface area (Å²) in [5.41, 5.74) is 1.92. The molecule has 1 aromatic heterocycles. The van der Waals surface area contributed by atoms with E-state index in [1.54, 1.807) is 24.4 Å². The number of carbonyl (C=O) groups excluding carboxylic acids is 1. The van der Waals surface area contributed by atoms with E-state index in [4.69, 9.17) is 16.4 Å². The summed E-state index contributed by atoms with van der Waals surface area (Å²) in [7, 11) is 0. The van der Waals surface area contributed by atoms with Crippen molar-refractivity contribution in [3.8, 4) is 0 Å². The van der Waals surface area contributed by atoms with E-state index in [-0.39, 0.29) is 12.5 Å². The Bertz CT molecular complexity index is 1080. The molecule has 0 radical (unpaired) electrons. The molecule has 1 atom stereocenters. The van der Waals surface area contributed by atoms with Gasteiger partial charge in [0, 0.05) is 39.3 Å². The summed E-state index contributed by atoms with van der Waals surface area (Å²) in [5.74, 6) is -0.426. The van der Waals surface area contributed by atoms with Crippen LogP contribution in [0.1, 0.15) is 17.5 Å². The van der Waals surface area contributed by atoms with Crippen LogP contribution in [0.2, 0.25) is 5.02 Å². The molecule has 0 saturated carbocycles. The zero-order valence-electron chi connectivity index (χ0n) is 15.0. The number of hydrogen-bond donors (Lipinski definition) is 1. The highest BCUT2D eigenvalue weighted by molar-refractivity contribution is 9.10. The average Bonchev–Trinajstić information content (AvgIpc) is 3.35. The molecule has 2 heterocycles. The summed E-state index contributed by atoms with van der Waals surface area (Å²) >= 11 is 9.46. The van der Waals surface area contributed by atoms with Gasteiger partial charge in [0.15, 0.2) is 5.82 Å². The number of rotatable bonds is 5. The molecule has 0 spiro atoms. The van der Waals surface area contributed by atoms with Crippen molar-refractivity contribution in [2.75, 3.05) is 5.32 Å². The van der Waals surface area contributed by atoms with Gasteiger partial charge in [-0.1, -0.05) is 50.9 Å². The molecule has 0 aliphatic carbocycles. The number of nitrogens with one attached hydrogen (secondary N) is 1. The minimum atomic E-state index is -0.741. The van der Waals surface area contributed by atoms with Crippen molar-refractivity contribution in [2.45, 2.75) is 19.1 Å². The van der Waals surface area contributed by atoms with Crippen LogP contribution < -0.4 is 5.32 Å². The number of halogens is 3. The number of anilines is 1. The molecule has 2 aromatic carbocycles. The van der Waals surface area contributed by atoms with Crippen LogP contribution in [0, 0.1) is 5.82 Å². The third-order valence-electron chi connectivity index (χ3n) is 4.39. The molecule has 0 bridgehead atoms. The SMILES string of the molecule is O=C(Nc1ccn(Cc2c(F)cccc2Cl)n1)C1CC(c2cccc(Br)c2)=NO1. The number of amides is 1. The van der Waals surface area contributed by atoms with Crippen molar-refractivity contribution in [1.29, 1.82) is 0 Å². The molecule has 6 nitrogen and oxygen atoms in total. The first-order valence-corrected chi connectivity index (χ1v) is 9.92. The second kappa shape index (κ2) is 8.34. The van der Waals surface area contributed by atoms with E-state index >= 15 is 0 Å². The van der Waals surface area contributed by atoms with Gasteiger partial charge >= 0.3 is 0 Å². The van der Waals surface area contributed by atoms with Gasteiger partial charge in [-0.05, 0) is 24.3 Å². The zero-order valence-corrected chi connectivity index (χ0v) is 17.3. The molecular formula is C20H15BrClFN4O2. The predicted octanol–water partition coefficient (Wildman–Crippen LogP) is 4.62. The Balaban J connectivity index is 1.38. The Kier molecular flexibility index (Phi) is 5.64. The number of oxime groups is 1. The Morgan fingerprint density at radius 3 is 2.93 bits per heavy atom. The van der Waals surface area contributed by atoms with Gasteiger partial charge in [-0.15, -0.1) is 0 Å². The van der Waals surface area contributed by atoms with Crippen LogP contribution >= 0.6 is 27.5 Å². The van der Waals surface area contributed by atoms with E-state index in [1.807, 2.05) is 24.3 Å². The second-order valence-electron chi connectivity index (χ2n) is 6.43. The monoisotopic (exact) mass is 476 g/mol. The highest BCUT2D eigenvalue weighted by Gasteiger charge is 2.29. The van der Waals surface area contributed by atoms with Gasteiger partial charge in [-0.2, -0.15) is 5.10 Å². The molecule has 0 fully saturated rings. The number of benzene rings is 2. The molecule has 29 heavy (non-hydrogen) atoms. The van der Waals surface area contributed by atoms with Gasteiger partial charge in [0.2, 0.25) is 6.10 Å². The maximum atomic E-state index is 13.9. The van der Waals surface area contributed by atoms with Crippen LogP contribution in [0.3, 0.4) is 0 Å². The normalized spacial score (nSPS) is 15.7. The Morgan fingerprint density at radius 2 is 2.14 bits per heavy atom. The molecule has 1 amide bonds. The standard InChI is InChI=1S/C20H15BrClFN4O2/c21-13-4-1-3-12(9-13)17-10-18(29-26-17)20(28)24-19-7-8-27(25-19)11-14-15(22)5-2-6-16(14)23/h1-9,18H,10-11H2,(H,24,25,28). The van der Waals surface area contributed by atoms with Crippen LogP contribution in [0.15, 0.2) is 64.4 Å². The van der Waals surface area contributed by atoms with Crippen LogP contribution in [0.25, 0.3) is 0 Å². The minimum absolute atomic E-state index is 0.150. The van der Waals surface area contributed by atoms with Crippen LogP contribution in [-0.4, -0.2) is 27.5 Å². The fourth-order valence-electron chi connectivity index (χ4n) is 2.93. The third kappa shape index (κ3) is 4.49. The zero-order chi connectivity index (χ0) is 20.4. The van der Waals surface area contributed by atoms with Gasteiger partial charge in [-0.25, -0.2) is 4.39 Å². The lowest BCUT2D eigenvalue weighted by atomic mass is 10.0. The lowest BCUT2D eigenvalue weighted by Gasteiger charge is -2.08. The Morgan fingerprint density at radius 1 is 1.31 bits per heavy atom. The largest absolute Gasteiger partial charge is 0.382 e. The van der Waals surface area contributed by atoms with Crippen molar-refractivity contribution in [3.05, 3.63) is 81.2 Å². The number of nitrogens with zero attached hydrogens (tertiary/aromatic N) is 3. The quantitative estimate of drug-likeness (QED) is 0.583. The lowest BCUT2D eigenvalue weighted by Crippen LogP contribution is -2.28. The van der Waals surface area contributed by atoms with E-state index in [1.165, 1.54) is 10.7 Å². The Hall–Kier alpha value is -2.71. The summed E-state index contributed by atoms with van der Waals surface area (Å²) in [5, 5.41) is 11.3. The van der Waals surface area contributed by atoms with Crippen LogP contribution in [0.5, 0.6) is 0 Å². The van der Waals surface area contributed by atoms with E-state index in [9.17, 15) is 9.18 Å². The predicted molar refractivity (Wildman–Crippen MR) is 112 cm³/mol. The molecule has 0 saturated heterocycles. The lowest BCUT2D eigenvalue weighted by molar-refractivity contribution is -0.125. The van der Waals surface area contributed by atoms with Crippen molar-refractivity contribution >= 4 is 45.0 Å². The minimum Gasteiger partial charge on any atom is -0.382 e. The van der Waals surface area contributed by atoms with Gasteiger partial charge < -0.3 is 10.2 Å². The fourth-order valence-corrected chi connectivity index (χ4v) is 3.55. The van der Waals surface area contributed by atoms with Crippen molar-refractivity contribution in [1.82, 2.24) is 9.78 Å².